The Balaban J connectivity index is 0.00000300. The normalized spacial score (nSPS) is 19.5. The molecule has 0 bridgehead atoms. The molecule has 29 heavy (non-hydrogen) atoms. The van der Waals surface area contributed by atoms with E-state index in [2.05, 4.69) is 38.9 Å². The standard InChI is InChI=1S/C20H30N6OS.HI/c1-3-22-20(24-9-5-8-23-19(27)18-6-4-13-28-18)25-11-7-16(2)17(14-25)26-12-10-21-15-26;/h4,6,10,12-13,15-17H,3,5,7-9,11,14H2,1-2H3,(H,22,24)(H,23,27);1H. The molecular weight excluding hydrogens is 499 g/mol. The second-order valence-electron chi connectivity index (χ2n) is 7.11. The summed E-state index contributed by atoms with van der Waals surface area (Å²) in [5, 5.41) is 8.30. The maximum absolute atomic E-state index is 12.0. The van der Waals surface area contributed by atoms with E-state index in [9.17, 15) is 4.79 Å². The molecule has 0 radical (unpaired) electrons. The highest BCUT2D eigenvalue weighted by atomic mass is 127. The number of rotatable bonds is 7. The van der Waals surface area contributed by atoms with E-state index in [0.717, 1.165) is 43.3 Å². The molecule has 0 spiro atoms. The first kappa shape index (κ1) is 23.7. The van der Waals surface area contributed by atoms with Gasteiger partial charge in [0.1, 0.15) is 0 Å². The van der Waals surface area contributed by atoms with Crippen LogP contribution in [0, 0.1) is 5.92 Å². The van der Waals surface area contributed by atoms with Crippen molar-refractivity contribution in [1.29, 1.82) is 0 Å². The molecule has 9 heteroatoms. The van der Waals surface area contributed by atoms with Gasteiger partial charge in [0.15, 0.2) is 5.96 Å². The summed E-state index contributed by atoms with van der Waals surface area (Å²) in [4.78, 5) is 24.1. The van der Waals surface area contributed by atoms with Crippen molar-refractivity contribution in [3.63, 3.8) is 0 Å². The van der Waals surface area contributed by atoms with Crippen LogP contribution in [0.3, 0.4) is 0 Å². The van der Waals surface area contributed by atoms with Crippen molar-refractivity contribution in [2.45, 2.75) is 32.7 Å². The molecule has 2 N–H and O–H groups in total. The molecule has 1 amide bonds. The minimum absolute atomic E-state index is 0. The molecule has 3 rings (SSSR count). The van der Waals surface area contributed by atoms with E-state index in [-0.39, 0.29) is 29.9 Å². The third-order valence-electron chi connectivity index (χ3n) is 5.09. The Morgan fingerprint density at radius 3 is 2.97 bits per heavy atom. The van der Waals surface area contributed by atoms with Crippen LogP contribution in [0.1, 0.15) is 42.4 Å². The van der Waals surface area contributed by atoms with E-state index in [1.54, 1.807) is 0 Å². The first-order valence-electron chi connectivity index (χ1n) is 10.0. The Bertz CT molecular complexity index is 749. The largest absolute Gasteiger partial charge is 0.357 e. The first-order chi connectivity index (χ1) is 13.7. The Kier molecular flexibility index (Phi) is 9.92. The van der Waals surface area contributed by atoms with Crippen molar-refractivity contribution in [2.75, 3.05) is 32.7 Å². The molecule has 7 nitrogen and oxygen atoms in total. The summed E-state index contributed by atoms with van der Waals surface area (Å²) in [7, 11) is 0. The van der Waals surface area contributed by atoms with E-state index < -0.39 is 0 Å². The number of nitrogens with one attached hydrogen (secondary N) is 2. The number of hydrogen-bond acceptors (Lipinski definition) is 4. The van der Waals surface area contributed by atoms with Gasteiger partial charge in [-0.15, -0.1) is 35.3 Å². The number of carbonyl (C=O) groups excluding carboxylic acids is 1. The number of amides is 1. The van der Waals surface area contributed by atoms with Gasteiger partial charge in [-0.1, -0.05) is 13.0 Å². The molecule has 160 valence electrons. The quantitative estimate of drug-likeness (QED) is 0.250. The van der Waals surface area contributed by atoms with Crippen molar-refractivity contribution >= 4 is 47.2 Å². The SMILES string of the molecule is CCNC(=NCCCNC(=O)c1cccs1)N1CCC(C)C(n2ccnc2)C1.I. The van der Waals surface area contributed by atoms with E-state index in [1.165, 1.54) is 11.3 Å². The van der Waals surface area contributed by atoms with Crippen LogP contribution in [-0.4, -0.2) is 59.0 Å². The van der Waals surface area contributed by atoms with Gasteiger partial charge < -0.3 is 20.1 Å². The number of halogens is 1. The van der Waals surface area contributed by atoms with Gasteiger partial charge in [-0.05, 0) is 37.1 Å². The summed E-state index contributed by atoms with van der Waals surface area (Å²) < 4.78 is 2.21. The van der Waals surface area contributed by atoms with Gasteiger partial charge in [0.05, 0.1) is 17.2 Å². The average Bonchev–Trinajstić information content (AvgIpc) is 3.41. The van der Waals surface area contributed by atoms with Gasteiger partial charge in [-0.3, -0.25) is 9.79 Å². The molecule has 1 saturated heterocycles. The lowest BCUT2D eigenvalue weighted by atomic mass is 9.93. The Labute approximate surface area is 194 Å². The zero-order chi connectivity index (χ0) is 19.8. The van der Waals surface area contributed by atoms with Crippen molar-refractivity contribution in [3.05, 3.63) is 41.1 Å². The smallest absolute Gasteiger partial charge is 0.261 e. The molecule has 0 saturated carbocycles. The third-order valence-corrected chi connectivity index (χ3v) is 5.96. The van der Waals surface area contributed by atoms with Crippen LogP contribution in [0.5, 0.6) is 0 Å². The first-order valence-corrected chi connectivity index (χ1v) is 10.9. The fourth-order valence-corrected chi connectivity index (χ4v) is 4.12. The summed E-state index contributed by atoms with van der Waals surface area (Å²) >= 11 is 1.46. The predicted molar refractivity (Wildman–Crippen MR) is 129 cm³/mol. The molecule has 2 aromatic heterocycles. The van der Waals surface area contributed by atoms with Gasteiger partial charge >= 0.3 is 0 Å². The number of piperidine rings is 1. The van der Waals surface area contributed by atoms with Gasteiger partial charge in [0.25, 0.3) is 5.91 Å². The predicted octanol–water partition coefficient (Wildman–Crippen LogP) is 3.23. The molecule has 3 heterocycles. The summed E-state index contributed by atoms with van der Waals surface area (Å²) in [6, 6.07) is 4.14. The van der Waals surface area contributed by atoms with Crippen LogP contribution < -0.4 is 10.6 Å². The zero-order valence-corrected chi connectivity index (χ0v) is 20.2. The summed E-state index contributed by atoms with van der Waals surface area (Å²) in [6.07, 6.45) is 7.75. The van der Waals surface area contributed by atoms with Crippen LogP contribution in [0.25, 0.3) is 0 Å². The van der Waals surface area contributed by atoms with Crippen LogP contribution in [0.15, 0.2) is 41.2 Å². The van der Waals surface area contributed by atoms with Crippen LogP contribution >= 0.6 is 35.3 Å². The van der Waals surface area contributed by atoms with Crippen LogP contribution in [0.2, 0.25) is 0 Å². The molecule has 1 aliphatic rings. The monoisotopic (exact) mass is 530 g/mol. The topological polar surface area (TPSA) is 74.6 Å². The summed E-state index contributed by atoms with van der Waals surface area (Å²) in [6.45, 7) is 8.50. The second-order valence-corrected chi connectivity index (χ2v) is 8.06. The highest BCUT2D eigenvalue weighted by molar-refractivity contribution is 14.0. The highest BCUT2D eigenvalue weighted by Crippen LogP contribution is 2.27. The zero-order valence-electron chi connectivity index (χ0n) is 17.1. The molecule has 2 aromatic rings. The number of aliphatic imine (C=N–C) groups is 1. The fraction of sp³-hybridized carbons (Fsp3) is 0.550. The van der Waals surface area contributed by atoms with Gasteiger partial charge in [0.2, 0.25) is 0 Å². The Morgan fingerprint density at radius 2 is 2.28 bits per heavy atom. The van der Waals surface area contributed by atoms with Crippen molar-refractivity contribution in [3.8, 4) is 0 Å². The number of nitrogens with zero attached hydrogens (tertiary/aromatic N) is 4. The molecule has 2 atom stereocenters. The second kappa shape index (κ2) is 12.2. The lowest BCUT2D eigenvalue weighted by Crippen LogP contribution is -2.49. The molecular formula is C20H31IN6OS. The van der Waals surface area contributed by atoms with Crippen LogP contribution in [0.4, 0.5) is 0 Å². The molecule has 1 fully saturated rings. The van der Waals surface area contributed by atoms with Crippen LogP contribution in [-0.2, 0) is 0 Å². The minimum Gasteiger partial charge on any atom is -0.357 e. The highest BCUT2D eigenvalue weighted by Gasteiger charge is 2.28. The average molecular weight is 530 g/mol. The number of aromatic nitrogens is 2. The van der Waals surface area contributed by atoms with Crippen molar-refractivity contribution in [2.24, 2.45) is 10.9 Å². The van der Waals surface area contributed by atoms with Gasteiger partial charge in [0, 0.05) is 45.1 Å². The summed E-state index contributed by atoms with van der Waals surface area (Å²) in [5.74, 6) is 1.57. The number of imidazole rings is 1. The van der Waals surface area contributed by atoms with E-state index >= 15 is 0 Å². The number of thiophene rings is 1. The maximum Gasteiger partial charge on any atom is 0.261 e. The van der Waals surface area contributed by atoms with E-state index in [1.807, 2.05) is 36.2 Å². The number of carbonyl (C=O) groups is 1. The number of hydrogen-bond donors (Lipinski definition) is 2. The lowest BCUT2D eigenvalue weighted by Gasteiger charge is -2.39. The number of guanidine groups is 1. The van der Waals surface area contributed by atoms with Crippen molar-refractivity contribution in [1.82, 2.24) is 25.1 Å². The number of likely N-dealkylation sites (tertiary alicyclic amines) is 1. The van der Waals surface area contributed by atoms with E-state index in [4.69, 9.17) is 4.99 Å². The Hall–Kier alpha value is -1.62. The summed E-state index contributed by atoms with van der Waals surface area (Å²) in [5.41, 5.74) is 0. The molecule has 0 aliphatic carbocycles. The minimum atomic E-state index is -0.000853. The van der Waals surface area contributed by atoms with E-state index in [0.29, 0.717) is 25.0 Å². The van der Waals surface area contributed by atoms with Gasteiger partial charge in [-0.25, -0.2) is 4.98 Å². The fourth-order valence-electron chi connectivity index (χ4n) is 3.48. The molecule has 0 aromatic carbocycles. The molecule has 2 unspecified atom stereocenters. The molecule has 1 aliphatic heterocycles. The maximum atomic E-state index is 12.0. The van der Waals surface area contributed by atoms with Crippen molar-refractivity contribution < 1.29 is 4.79 Å². The Morgan fingerprint density at radius 1 is 1.41 bits per heavy atom. The third kappa shape index (κ3) is 6.70. The van der Waals surface area contributed by atoms with Gasteiger partial charge in [-0.2, -0.15) is 0 Å². The lowest BCUT2D eigenvalue weighted by molar-refractivity contribution is 0.0957.